The molecule has 1 rings (SSSR count). The lowest BCUT2D eigenvalue weighted by molar-refractivity contribution is 0.404. The lowest BCUT2D eigenvalue weighted by atomic mass is 9.99. The number of methoxy groups -OCH3 is 1. The van der Waals surface area contributed by atoms with E-state index in [9.17, 15) is 5.26 Å². The van der Waals surface area contributed by atoms with Gasteiger partial charge in [-0.3, -0.25) is 0 Å². The van der Waals surface area contributed by atoms with Crippen LogP contribution in [0.5, 0.6) is 5.75 Å². The molecular weight excluding hydrogens is 242 g/mol. The molecule has 0 saturated carbocycles. The highest BCUT2D eigenvalue weighted by Gasteiger charge is 2.30. The summed E-state index contributed by atoms with van der Waals surface area (Å²) in [7, 11) is 1.67. The zero-order valence-corrected chi connectivity index (χ0v) is 12.2. The first kappa shape index (κ1) is 14.9. The molecule has 1 aromatic carbocycles. The number of hydrogen-bond donors (Lipinski definition) is 0. The van der Waals surface area contributed by atoms with Gasteiger partial charge in [0, 0.05) is 0 Å². The molecule has 0 aliphatic rings. The minimum absolute atomic E-state index is 0.321. The monoisotopic (exact) mass is 263 g/mol. The van der Waals surface area contributed by atoms with Gasteiger partial charge in [-0.15, -0.1) is 11.8 Å². The molecule has 0 radical (unpaired) electrons. The maximum absolute atomic E-state index is 9.55. The van der Waals surface area contributed by atoms with Crippen molar-refractivity contribution in [3.63, 3.8) is 0 Å². The van der Waals surface area contributed by atoms with Crippen LogP contribution in [0.1, 0.15) is 39.5 Å². The first-order valence-electron chi connectivity index (χ1n) is 6.44. The fraction of sp³-hybridized carbons (Fsp3) is 0.533. The third-order valence-electron chi connectivity index (χ3n) is 2.89. The van der Waals surface area contributed by atoms with Crippen LogP contribution in [0.15, 0.2) is 29.2 Å². The normalized spacial score (nSPS) is 11.0. The van der Waals surface area contributed by atoms with Gasteiger partial charge in [0.05, 0.1) is 18.1 Å². The van der Waals surface area contributed by atoms with Gasteiger partial charge in [-0.1, -0.05) is 38.8 Å². The van der Waals surface area contributed by atoms with Crippen LogP contribution in [0.3, 0.4) is 0 Å². The highest BCUT2D eigenvalue weighted by atomic mass is 32.2. The van der Waals surface area contributed by atoms with E-state index in [1.807, 2.05) is 24.3 Å². The molecule has 0 N–H and O–H groups in total. The van der Waals surface area contributed by atoms with Crippen molar-refractivity contribution in [2.75, 3.05) is 7.11 Å². The molecule has 0 spiro atoms. The molecule has 18 heavy (non-hydrogen) atoms. The Bertz CT molecular complexity index is 405. The highest BCUT2D eigenvalue weighted by molar-refractivity contribution is 8.01. The Morgan fingerprint density at radius 2 is 1.83 bits per heavy atom. The Labute approximate surface area is 114 Å². The largest absolute Gasteiger partial charge is 0.496 e. The molecule has 2 nitrogen and oxygen atoms in total. The highest BCUT2D eigenvalue weighted by Crippen LogP contribution is 2.43. The number of nitrogens with zero attached hydrogens (tertiary/aromatic N) is 1. The van der Waals surface area contributed by atoms with Crippen molar-refractivity contribution in [2.24, 2.45) is 0 Å². The number of ether oxygens (including phenoxy) is 1. The molecule has 0 saturated heterocycles. The van der Waals surface area contributed by atoms with Gasteiger partial charge in [0.1, 0.15) is 10.5 Å². The van der Waals surface area contributed by atoms with Crippen LogP contribution in [0.2, 0.25) is 0 Å². The van der Waals surface area contributed by atoms with Crippen molar-refractivity contribution in [1.82, 2.24) is 0 Å². The molecule has 0 unspecified atom stereocenters. The van der Waals surface area contributed by atoms with Crippen molar-refractivity contribution in [3.8, 4) is 11.8 Å². The average molecular weight is 263 g/mol. The van der Waals surface area contributed by atoms with Crippen LogP contribution in [-0.4, -0.2) is 11.9 Å². The second-order valence-corrected chi connectivity index (χ2v) is 5.78. The van der Waals surface area contributed by atoms with Crippen molar-refractivity contribution in [1.29, 1.82) is 5.26 Å². The lowest BCUT2D eigenvalue weighted by Gasteiger charge is -2.25. The minimum atomic E-state index is -0.321. The Balaban J connectivity index is 2.99. The van der Waals surface area contributed by atoms with E-state index in [1.165, 1.54) is 0 Å². The number of nitriles is 1. The SMILES string of the molecule is CCCC(C#N)(CCC)Sc1ccccc1OC. The summed E-state index contributed by atoms with van der Waals surface area (Å²) in [6.07, 6.45) is 3.88. The Hall–Kier alpha value is -1.14. The van der Waals surface area contributed by atoms with Gasteiger partial charge < -0.3 is 4.74 Å². The summed E-state index contributed by atoms with van der Waals surface area (Å²) in [5.41, 5.74) is 0. The Morgan fingerprint density at radius 1 is 1.22 bits per heavy atom. The van der Waals surface area contributed by atoms with Gasteiger partial charge in [0.25, 0.3) is 0 Å². The molecule has 0 heterocycles. The van der Waals surface area contributed by atoms with E-state index < -0.39 is 0 Å². The van der Waals surface area contributed by atoms with E-state index in [-0.39, 0.29) is 4.75 Å². The molecule has 3 heteroatoms. The third-order valence-corrected chi connectivity index (χ3v) is 4.33. The Morgan fingerprint density at radius 3 is 2.33 bits per heavy atom. The summed E-state index contributed by atoms with van der Waals surface area (Å²) in [5.74, 6) is 0.856. The maximum Gasteiger partial charge on any atom is 0.132 e. The number of hydrogen-bond acceptors (Lipinski definition) is 3. The van der Waals surface area contributed by atoms with E-state index in [2.05, 4.69) is 19.9 Å². The zero-order valence-electron chi connectivity index (χ0n) is 11.4. The van der Waals surface area contributed by atoms with Gasteiger partial charge in [-0.2, -0.15) is 5.26 Å². The molecule has 0 aromatic heterocycles. The fourth-order valence-corrected chi connectivity index (χ4v) is 3.56. The molecule has 98 valence electrons. The molecule has 0 bridgehead atoms. The first-order valence-corrected chi connectivity index (χ1v) is 7.26. The minimum Gasteiger partial charge on any atom is -0.496 e. The molecule has 0 atom stereocenters. The third kappa shape index (κ3) is 3.68. The molecular formula is C15H21NOS. The predicted molar refractivity (Wildman–Crippen MR) is 77.0 cm³/mol. The summed E-state index contributed by atoms with van der Waals surface area (Å²) in [6, 6.07) is 10.4. The van der Waals surface area contributed by atoms with Crippen LogP contribution >= 0.6 is 11.8 Å². The maximum atomic E-state index is 9.55. The number of para-hydroxylation sites is 1. The smallest absolute Gasteiger partial charge is 0.132 e. The predicted octanol–water partition coefficient (Wildman–Crippen LogP) is 4.65. The molecule has 1 aromatic rings. The lowest BCUT2D eigenvalue weighted by Crippen LogP contribution is -2.21. The van der Waals surface area contributed by atoms with Gasteiger partial charge in [0.15, 0.2) is 0 Å². The van der Waals surface area contributed by atoms with Crippen molar-refractivity contribution in [2.45, 2.75) is 49.2 Å². The van der Waals surface area contributed by atoms with E-state index >= 15 is 0 Å². The summed E-state index contributed by atoms with van der Waals surface area (Å²) in [6.45, 7) is 4.26. The second-order valence-electron chi connectivity index (χ2n) is 4.36. The summed E-state index contributed by atoms with van der Waals surface area (Å²) >= 11 is 1.65. The quantitative estimate of drug-likeness (QED) is 0.671. The standard InChI is InChI=1S/C15H21NOS/c1-4-10-15(12-16,11-5-2)18-14-9-7-6-8-13(14)17-3/h6-9H,4-5,10-11H2,1-3H3. The summed E-state index contributed by atoms with van der Waals surface area (Å²) in [5, 5.41) is 9.55. The first-order chi connectivity index (χ1) is 8.71. The van der Waals surface area contributed by atoms with E-state index in [1.54, 1.807) is 18.9 Å². The number of rotatable bonds is 7. The zero-order chi connectivity index (χ0) is 13.4. The van der Waals surface area contributed by atoms with Gasteiger partial charge in [-0.25, -0.2) is 0 Å². The Kier molecular flexibility index (Phi) is 6.07. The molecule has 0 aliphatic carbocycles. The van der Waals surface area contributed by atoms with Gasteiger partial charge in [-0.05, 0) is 25.0 Å². The fourth-order valence-electron chi connectivity index (χ4n) is 2.08. The average Bonchev–Trinajstić information content (AvgIpc) is 2.40. The summed E-state index contributed by atoms with van der Waals surface area (Å²) in [4.78, 5) is 1.06. The van der Waals surface area contributed by atoms with Gasteiger partial charge in [0.2, 0.25) is 0 Å². The van der Waals surface area contributed by atoms with Crippen molar-refractivity contribution in [3.05, 3.63) is 24.3 Å². The molecule has 0 fully saturated rings. The van der Waals surface area contributed by atoms with Crippen LogP contribution in [0.25, 0.3) is 0 Å². The number of thioether (sulfide) groups is 1. The topological polar surface area (TPSA) is 33.0 Å². The van der Waals surface area contributed by atoms with E-state index in [0.717, 1.165) is 36.3 Å². The van der Waals surface area contributed by atoms with Crippen LogP contribution < -0.4 is 4.74 Å². The second kappa shape index (κ2) is 7.33. The van der Waals surface area contributed by atoms with Gasteiger partial charge >= 0.3 is 0 Å². The molecule has 0 aliphatic heterocycles. The van der Waals surface area contributed by atoms with Crippen molar-refractivity contribution < 1.29 is 4.74 Å². The van der Waals surface area contributed by atoms with Crippen LogP contribution in [0, 0.1) is 11.3 Å². The van der Waals surface area contributed by atoms with E-state index in [4.69, 9.17) is 4.74 Å². The number of benzene rings is 1. The molecule has 0 amide bonds. The van der Waals surface area contributed by atoms with Crippen LogP contribution in [-0.2, 0) is 0 Å². The van der Waals surface area contributed by atoms with E-state index in [0.29, 0.717) is 0 Å². The van der Waals surface area contributed by atoms with Crippen molar-refractivity contribution >= 4 is 11.8 Å². The summed E-state index contributed by atoms with van der Waals surface area (Å²) < 4.78 is 5.04. The van der Waals surface area contributed by atoms with Crippen LogP contribution in [0.4, 0.5) is 0 Å².